The van der Waals surface area contributed by atoms with Gasteiger partial charge in [0.15, 0.2) is 5.41 Å². The predicted molar refractivity (Wildman–Crippen MR) is 167 cm³/mol. The Kier molecular flexibility index (Phi) is 5.76. The van der Waals surface area contributed by atoms with E-state index in [-0.39, 0.29) is 11.8 Å². The van der Waals surface area contributed by atoms with Gasteiger partial charge in [-0.15, -0.1) is 0 Å². The smallest absolute Gasteiger partial charge is 0.277 e. The van der Waals surface area contributed by atoms with Crippen LogP contribution < -0.4 is 14.5 Å². The van der Waals surface area contributed by atoms with Crippen molar-refractivity contribution in [3.8, 4) is 5.75 Å². The molecule has 3 aliphatic rings. The lowest BCUT2D eigenvalue weighted by Crippen LogP contribution is -2.60. The summed E-state index contributed by atoms with van der Waals surface area (Å²) in [6.07, 6.45) is 1.38. The zero-order valence-corrected chi connectivity index (χ0v) is 23.6. The molecule has 8 rings (SSSR count). The number of carbonyl (C=O) groups is 2. The van der Waals surface area contributed by atoms with Crippen LogP contribution in [0.25, 0.3) is 0 Å². The predicted octanol–water partition coefficient (Wildman–Crippen LogP) is 6.44. The van der Waals surface area contributed by atoms with E-state index in [1.165, 1.54) is 0 Å². The Morgan fingerprint density at radius 2 is 0.953 bits per heavy atom. The Hall–Kier alpha value is -5.16. The zero-order valence-electron chi connectivity index (χ0n) is 23.6. The summed E-state index contributed by atoms with van der Waals surface area (Å²) in [6.45, 7) is 0.971. The summed E-state index contributed by atoms with van der Waals surface area (Å²) in [7, 11) is 0. The maximum atomic E-state index is 15.2. The topological polar surface area (TPSA) is 49.9 Å². The maximum absolute atomic E-state index is 15.2. The minimum Gasteiger partial charge on any atom is -0.470 e. The number of carbonyl (C=O) groups excluding carboxylic acids is 2. The van der Waals surface area contributed by atoms with Crippen molar-refractivity contribution in [3.05, 3.63) is 161 Å². The van der Waals surface area contributed by atoms with Crippen molar-refractivity contribution >= 4 is 23.2 Å². The van der Waals surface area contributed by atoms with E-state index in [0.29, 0.717) is 31.7 Å². The van der Waals surface area contributed by atoms with Crippen molar-refractivity contribution < 1.29 is 14.3 Å². The summed E-state index contributed by atoms with van der Waals surface area (Å²) in [5.41, 5.74) is 3.27. The molecule has 0 aliphatic carbocycles. The number of nitrogens with zero attached hydrogens (tertiary/aromatic N) is 2. The zero-order chi connectivity index (χ0) is 29.0. The molecule has 0 saturated carbocycles. The highest BCUT2D eigenvalue weighted by atomic mass is 16.5. The van der Waals surface area contributed by atoms with E-state index in [2.05, 4.69) is 24.3 Å². The first-order valence-corrected chi connectivity index (χ1v) is 14.9. The van der Waals surface area contributed by atoms with Gasteiger partial charge in [-0.1, -0.05) is 115 Å². The van der Waals surface area contributed by atoms with Gasteiger partial charge < -0.3 is 14.5 Å². The molecule has 2 spiro atoms. The Bertz CT molecular complexity index is 1870. The lowest BCUT2D eigenvalue weighted by Gasteiger charge is -2.37. The van der Waals surface area contributed by atoms with E-state index < -0.39 is 11.0 Å². The fourth-order valence-corrected chi connectivity index (χ4v) is 7.45. The molecule has 43 heavy (non-hydrogen) atoms. The molecule has 0 radical (unpaired) electrons. The molecule has 2 amide bonds. The van der Waals surface area contributed by atoms with Crippen molar-refractivity contribution in [3.63, 3.8) is 0 Å². The van der Waals surface area contributed by atoms with Gasteiger partial charge in [-0.05, 0) is 42.2 Å². The van der Waals surface area contributed by atoms with Crippen LogP contribution in [0, 0.1) is 0 Å². The van der Waals surface area contributed by atoms with Crippen LogP contribution in [0.2, 0.25) is 0 Å². The first-order valence-electron chi connectivity index (χ1n) is 14.9. The molecule has 3 aliphatic heterocycles. The van der Waals surface area contributed by atoms with E-state index in [0.717, 1.165) is 39.2 Å². The first kappa shape index (κ1) is 25.5. The molecule has 5 nitrogen and oxygen atoms in total. The molecule has 0 fully saturated rings. The average Bonchev–Trinajstić information content (AvgIpc) is 3.60. The third-order valence-electron chi connectivity index (χ3n) is 9.30. The lowest BCUT2D eigenvalue weighted by atomic mass is 9.62. The van der Waals surface area contributed by atoms with Gasteiger partial charge in [-0.3, -0.25) is 9.59 Å². The second-order valence-corrected chi connectivity index (χ2v) is 11.4. The van der Waals surface area contributed by atoms with Crippen molar-refractivity contribution in [1.82, 2.24) is 0 Å². The van der Waals surface area contributed by atoms with Crippen molar-refractivity contribution in [2.24, 2.45) is 0 Å². The molecule has 2 atom stereocenters. The second-order valence-electron chi connectivity index (χ2n) is 11.4. The van der Waals surface area contributed by atoms with E-state index in [9.17, 15) is 0 Å². The first-order chi connectivity index (χ1) is 21.2. The van der Waals surface area contributed by atoms with Gasteiger partial charge in [-0.25, -0.2) is 0 Å². The van der Waals surface area contributed by atoms with E-state index in [1.807, 2.05) is 119 Å². The molecular weight excluding hydrogens is 532 g/mol. The van der Waals surface area contributed by atoms with Crippen LogP contribution in [0.5, 0.6) is 5.75 Å². The number of fused-ring (bicyclic) bond motifs is 7. The standard InChI is InChI=1S/C38H30N2O3/c41-35-37(29-17-7-10-20-32(29)39(35)25-23-27-13-3-1-4-14-27)31-19-9-12-22-34(31)43-38(37)30-18-8-11-21-33(30)40(36(38)42)26-24-28-15-5-2-6-16-28/h1-22H,23-26H2. The molecule has 0 N–H and O–H groups in total. The summed E-state index contributed by atoms with van der Waals surface area (Å²) in [6, 6.07) is 43.8. The van der Waals surface area contributed by atoms with Crippen molar-refractivity contribution in [2.75, 3.05) is 22.9 Å². The van der Waals surface area contributed by atoms with Gasteiger partial charge in [0, 0.05) is 35.5 Å². The highest BCUT2D eigenvalue weighted by molar-refractivity contribution is 6.21. The van der Waals surface area contributed by atoms with Gasteiger partial charge in [0.2, 0.25) is 11.5 Å². The van der Waals surface area contributed by atoms with Crippen molar-refractivity contribution in [2.45, 2.75) is 23.9 Å². The number of hydrogen-bond acceptors (Lipinski definition) is 3. The molecular formula is C38H30N2O3. The number of benzene rings is 5. The minimum atomic E-state index is -1.57. The Morgan fingerprint density at radius 3 is 1.58 bits per heavy atom. The average molecular weight is 563 g/mol. The second kappa shape index (κ2) is 9.70. The number of rotatable bonds is 6. The summed E-state index contributed by atoms with van der Waals surface area (Å²) < 4.78 is 6.91. The van der Waals surface area contributed by atoms with E-state index >= 15 is 9.59 Å². The Labute approximate surface area is 251 Å². The number of amides is 2. The summed E-state index contributed by atoms with van der Waals surface area (Å²) in [5, 5.41) is 0. The largest absolute Gasteiger partial charge is 0.470 e. The SMILES string of the molecule is O=C1N(CCc2ccccc2)c2ccccc2C12Oc1ccccc1C21C(=O)N(CCc2ccccc2)c2ccccc21. The lowest BCUT2D eigenvalue weighted by molar-refractivity contribution is -0.143. The van der Waals surface area contributed by atoms with Gasteiger partial charge in [0.25, 0.3) is 5.91 Å². The molecule has 0 bridgehead atoms. The molecule has 0 saturated heterocycles. The number of ether oxygens (including phenoxy) is 1. The number of para-hydroxylation sites is 3. The van der Waals surface area contributed by atoms with E-state index in [1.54, 1.807) is 0 Å². The normalized spacial score (nSPS) is 21.3. The molecule has 210 valence electrons. The minimum absolute atomic E-state index is 0.123. The van der Waals surface area contributed by atoms with Crippen molar-refractivity contribution in [1.29, 1.82) is 0 Å². The quantitative estimate of drug-likeness (QED) is 0.239. The Morgan fingerprint density at radius 1 is 0.488 bits per heavy atom. The Balaban J connectivity index is 1.31. The van der Waals surface area contributed by atoms with Gasteiger partial charge >= 0.3 is 0 Å². The monoisotopic (exact) mass is 562 g/mol. The third-order valence-corrected chi connectivity index (χ3v) is 9.30. The maximum Gasteiger partial charge on any atom is 0.277 e. The van der Waals surface area contributed by atoms with Crippen LogP contribution in [0.3, 0.4) is 0 Å². The fourth-order valence-electron chi connectivity index (χ4n) is 7.45. The van der Waals surface area contributed by atoms with Gasteiger partial charge in [-0.2, -0.15) is 0 Å². The summed E-state index contributed by atoms with van der Waals surface area (Å²) >= 11 is 0. The molecule has 3 heterocycles. The van der Waals surface area contributed by atoms with Crippen LogP contribution in [-0.2, 0) is 33.4 Å². The fraction of sp³-hybridized carbons (Fsp3) is 0.158. The molecule has 0 aromatic heterocycles. The molecule has 5 aromatic rings. The number of anilines is 2. The van der Waals surface area contributed by atoms with Crippen LogP contribution in [0.15, 0.2) is 133 Å². The van der Waals surface area contributed by atoms with Crippen LogP contribution >= 0.6 is 0 Å². The highest BCUT2D eigenvalue weighted by Gasteiger charge is 2.77. The molecule has 5 aromatic carbocycles. The third kappa shape index (κ3) is 3.45. The van der Waals surface area contributed by atoms with Crippen LogP contribution in [0.4, 0.5) is 11.4 Å². The van der Waals surface area contributed by atoms with Gasteiger partial charge in [0.1, 0.15) is 5.75 Å². The van der Waals surface area contributed by atoms with Crippen LogP contribution in [0.1, 0.15) is 27.8 Å². The number of hydrogen-bond donors (Lipinski definition) is 0. The van der Waals surface area contributed by atoms with Gasteiger partial charge in [0.05, 0.1) is 5.69 Å². The molecule has 2 unspecified atom stereocenters. The summed E-state index contributed by atoms with van der Waals surface area (Å²) in [5.74, 6) is 0.250. The molecule has 5 heteroatoms. The summed E-state index contributed by atoms with van der Waals surface area (Å²) in [4.78, 5) is 34.1. The highest BCUT2D eigenvalue weighted by Crippen LogP contribution is 2.66. The van der Waals surface area contributed by atoms with Crippen LogP contribution in [-0.4, -0.2) is 24.9 Å². The van der Waals surface area contributed by atoms with E-state index in [4.69, 9.17) is 4.74 Å².